The number of non-ortho nitro benzene ring substituents is 1. The Bertz CT molecular complexity index is 758. The third-order valence-electron chi connectivity index (χ3n) is 4.80. The number of hydrogen-bond donors (Lipinski definition) is 2. The van der Waals surface area contributed by atoms with Crippen LogP contribution in [-0.4, -0.2) is 54.3 Å². The van der Waals surface area contributed by atoms with E-state index >= 15 is 0 Å². The molecule has 2 saturated heterocycles. The second-order valence-corrected chi connectivity index (χ2v) is 6.76. The Hall–Kier alpha value is -2.79. The van der Waals surface area contributed by atoms with E-state index in [0.29, 0.717) is 13.2 Å². The van der Waals surface area contributed by atoms with E-state index in [-0.39, 0.29) is 36.5 Å². The predicted molar refractivity (Wildman–Crippen MR) is 98.5 cm³/mol. The van der Waals surface area contributed by atoms with Crippen LogP contribution in [0.25, 0.3) is 0 Å². The number of carbonyl (C=O) groups is 1. The van der Waals surface area contributed by atoms with E-state index in [2.05, 4.69) is 10.6 Å². The van der Waals surface area contributed by atoms with E-state index in [1.807, 2.05) is 0 Å². The first-order valence-electron chi connectivity index (χ1n) is 9.18. The highest BCUT2D eigenvalue weighted by Crippen LogP contribution is 2.34. The number of anilines is 1. The third-order valence-corrected chi connectivity index (χ3v) is 4.80. The van der Waals surface area contributed by atoms with Crippen molar-refractivity contribution < 1.29 is 24.1 Å². The van der Waals surface area contributed by atoms with Crippen LogP contribution in [0.2, 0.25) is 0 Å². The third kappa shape index (κ3) is 4.73. The molecule has 2 aliphatic heterocycles. The van der Waals surface area contributed by atoms with Crippen LogP contribution in [0.3, 0.4) is 0 Å². The van der Waals surface area contributed by atoms with Crippen molar-refractivity contribution in [3.63, 3.8) is 0 Å². The SMILES string of the molecule is O=C(NC[C@H]1CCCO1)c1cc([N+](=O)[O-])cc([N+](=O)[O-])c1NC[C@@H]1CCCO1. The molecule has 2 fully saturated rings. The van der Waals surface area contributed by atoms with E-state index in [0.717, 1.165) is 37.8 Å². The molecule has 1 aromatic carbocycles. The average molecular weight is 394 g/mol. The van der Waals surface area contributed by atoms with E-state index in [1.54, 1.807) is 0 Å². The number of rotatable bonds is 8. The number of hydrogen-bond acceptors (Lipinski definition) is 8. The minimum absolute atomic E-state index is 0.0454. The van der Waals surface area contributed by atoms with Gasteiger partial charge in [-0.15, -0.1) is 0 Å². The summed E-state index contributed by atoms with van der Waals surface area (Å²) in [7, 11) is 0. The number of benzene rings is 1. The fourth-order valence-corrected chi connectivity index (χ4v) is 3.35. The van der Waals surface area contributed by atoms with Crippen molar-refractivity contribution in [1.82, 2.24) is 5.32 Å². The minimum atomic E-state index is -0.756. The summed E-state index contributed by atoms with van der Waals surface area (Å²) < 4.78 is 10.9. The Morgan fingerprint density at radius 3 is 2.21 bits per heavy atom. The zero-order chi connectivity index (χ0) is 20.1. The summed E-state index contributed by atoms with van der Waals surface area (Å²) in [6, 6.07) is 1.91. The number of nitrogens with zero attached hydrogens (tertiary/aromatic N) is 2. The normalized spacial score (nSPS) is 21.4. The number of ether oxygens (including phenoxy) is 2. The number of carbonyl (C=O) groups excluding carboxylic acids is 1. The first-order chi connectivity index (χ1) is 13.5. The number of nitrogens with one attached hydrogen (secondary N) is 2. The lowest BCUT2D eigenvalue weighted by molar-refractivity contribution is -0.393. The number of nitro benzene ring substituents is 2. The first-order valence-corrected chi connectivity index (χ1v) is 9.18. The van der Waals surface area contributed by atoms with Crippen molar-refractivity contribution >= 4 is 23.0 Å². The maximum atomic E-state index is 12.7. The van der Waals surface area contributed by atoms with E-state index < -0.39 is 27.1 Å². The van der Waals surface area contributed by atoms with E-state index in [4.69, 9.17) is 9.47 Å². The van der Waals surface area contributed by atoms with Gasteiger partial charge in [0.05, 0.1) is 33.7 Å². The Morgan fingerprint density at radius 2 is 1.68 bits per heavy atom. The zero-order valence-corrected chi connectivity index (χ0v) is 15.2. The van der Waals surface area contributed by atoms with Crippen LogP contribution in [0, 0.1) is 20.2 Å². The molecule has 28 heavy (non-hydrogen) atoms. The van der Waals surface area contributed by atoms with Gasteiger partial charge < -0.3 is 20.1 Å². The van der Waals surface area contributed by atoms with Crippen LogP contribution in [-0.2, 0) is 9.47 Å². The minimum Gasteiger partial charge on any atom is -0.376 e. The molecule has 3 rings (SSSR count). The molecule has 1 aromatic rings. The van der Waals surface area contributed by atoms with Gasteiger partial charge in [0, 0.05) is 32.4 Å². The standard InChI is InChI=1S/C17H22N4O7/c22-17(19-10-13-4-2-6-28-13)14-7-11(20(23)24)8-15(21(25)26)16(14)18-9-12-3-1-5-27-12/h7-8,12-13,18H,1-6,9-10H2,(H,19,22)/t12-,13+/m0/s1. The molecule has 0 unspecified atom stereocenters. The van der Waals surface area contributed by atoms with Gasteiger partial charge in [0.15, 0.2) is 0 Å². The number of amides is 1. The summed E-state index contributed by atoms with van der Waals surface area (Å²) in [5.41, 5.74) is -1.22. The van der Waals surface area contributed by atoms with Crippen molar-refractivity contribution in [2.45, 2.75) is 37.9 Å². The van der Waals surface area contributed by atoms with Crippen molar-refractivity contribution in [3.05, 3.63) is 37.9 Å². The predicted octanol–water partition coefficient (Wildman–Crippen LogP) is 2.00. The van der Waals surface area contributed by atoms with Gasteiger partial charge in [-0.3, -0.25) is 25.0 Å². The molecular formula is C17H22N4O7. The van der Waals surface area contributed by atoms with Crippen LogP contribution in [0.5, 0.6) is 0 Å². The maximum Gasteiger partial charge on any atom is 0.300 e. The van der Waals surface area contributed by atoms with Crippen LogP contribution in [0.1, 0.15) is 36.0 Å². The molecule has 1 amide bonds. The average Bonchev–Trinajstić information content (AvgIpc) is 3.37. The molecule has 2 aliphatic rings. The van der Waals surface area contributed by atoms with E-state index in [9.17, 15) is 25.0 Å². The molecule has 0 bridgehead atoms. The van der Waals surface area contributed by atoms with Gasteiger partial charge in [-0.2, -0.15) is 0 Å². The smallest absolute Gasteiger partial charge is 0.300 e. The van der Waals surface area contributed by atoms with Gasteiger partial charge in [0.25, 0.3) is 17.3 Å². The largest absolute Gasteiger partial charge is 0.376 e. The molecule has 2 atom stereocenters. The van der Waals surface area contributed by atoms with Crippen LogP contribution < -0.4 is 10.6 Å². The Labute approximate surface area is 160 Å². The number of nitro groups is 2. The quantitative estimate of drug-likeness (QED) is 0.503. The van der Waals surface area contributed by atoms with Gasteiger partial charge in [-0.1, -0.05) is 0 Å². The monoisotopic (exact) mass is 394 g/mol. The highest BCUT2D eigenvalue weighted by atomic mass is 16.6. The summed E-state index contributed by atoms with van der Waals surface area (Å²) in [5.74, 6) is -0.628. The molecule has 0 saturated carbocycles. The lowest BCUT2D eigenvalue weighted by atomic mass is 10.1. The molecule has 0 radical (unpaired) electrons. The van der Waals surface area contributed by atoms with Crippen molar-refractivity contribution in [2.24, 2.45) is 0 Å². The molecule has 0 aromatic heterocycles. The van der Waals surface area contributed by atoms with Gasteiger partial charge in [-0.05, 0) is 25.7 Å². The topological polar surface area (TPSA) is 146 Å². The fourth-order valence-electron chi connectivity index (χ4n) is 3.35. The molecule has 152 valence electrons. The molecule has 11 heteroatoms. The maximum absolute atomic E-state index is 12.7. The van der Waals surface area contributed by atoms with Crippen LogP contribution in [0.15, 0.2) is 12.1 Å². The lowest BCUT2D eigenvalue weighted by Crippen LogP contribution is -2.32. The highest BCUT2D eigenvalue weighted by molar-refractivity contribution is 6.02. The van der Waals surface area contributed by atoms with Gasteiger partial charge in [0.1, 0.15) is 5.69 Å². The Kier molecular flexibility index (Phi) is 6.37. The Morgan fingerprint density at radius 1 is 1.04 bits per heavy atom. The van der Waals surface area contributed by atoms with E-state index in [1.165, 1.54) is 0 Å². The fraction of sp³-hybridized carbons (Fsp3) is 0.588. The van der Waals surface area contributed by atoms with Crippen molar-refractivity contribution in [2.75, 3.05) is 31.6 Å². The summed E-state index contributed by atoms with van der Waals surface area (Å²) in [6.07, 6.45) is 3.15. The summed E-state index contributed by atoms with van der Waals surface area (Å²) >= 11 is 0. The zero-order valence-electron chi connectivity index (χ0n) is 15.2. The van der Waals surface area contributed by atoms with Gasteiger partial charge in [-0.25, -0.2) is 0 Å². The highest BCUT2D eigenvalue weighted by Gasteiger charge is 2.29. The van der Waals surface area contributed by atoms with Gasteiger partial charge >= 0.3 is 0 Å². The van der Waals surface area contributed by atoms with Gasteiger partial charge in [0.2, 0.25) is 0 Å². The van der Waals surface area contributed by atoms with Crippen molar-refractivity contribution in [1.29, 1.82) is 0 Å². The molecule has 0 aliphatic carbocycles. The van der Waals surface area contributed by atoms with Crippen LogP contribution in [0.4, 0.5) is 17.1 Å². The second kappa shape index (κ2) is 8.93. The summed E-state index contributed by atoms with van der Waals surface area (Å²) in [6.45, 7) is 1.74. The lowest BCUT2D eigenvalue weighted by Gasteiger charge is -2.16. The molecule has 11 nitrogen and oxygen atoms in total. The molecule has 2 N–H and O–H groups in total. The summed E-state index contributed by atoms with van der Waals surface area (Å²) in [5, 5.41) is 28.2. The first kappa shape index (κ1) is 20.0. The molecule has 2 heterocycles. The second-order valence-electron chi connectivity index (χ2n) is 6.76. The van der Waals surface area contributed by atoms with Crippen LogP contribution >= 0.6 is 0 Å². The van der Waals surface area contributed by atoms with Crippen molar-refractivity contribution in [3.8, 4) is 0 Å². The Balaban J connectivity index is 1.87. The molecule has 0 spiro atoms. The molecular weight excluding hydrogens is 372 g/mol. The summed E-state index contributed by atoms with van der Waals surface area (Å²) in [4.78, 5) is 33.9.